The quantitative estimate of drug-likeness (QED) is 0.449. The van der Waals surface area contributed by atoms with Crippen molar-refractivity contribution in [1.29, 1.82) is 0 Å². The first-order valence-electron chi connectivity index (χ1n) is 3.30. The van der Waals surface area contributed by atoms with E-state index >= 15 is 0 Å². The van der Waals surface area contributed by atoms with Crippen molar-refractivity contribution in [2.45, 2.75) is 5.32 Å². The van der Waals surface area contributed by atoms with Crippen LogP contribution in [0, 0.1) is 0 Å². The van der Waals surface area contributed by atoms with Gasteiger partial charge in [0.15, 0.2) is 5.11 Å². The van der Waals surface area contributed by atoms with Crippen LogP contribution >= 0.6 is 12.2 Å². The van der Waals surface area contributed by atoms with Crippen molar-refractivity contribution in [2.75, 3.05) is 0 Å². The average Bonchev–Trinajstić information content (AvgIpc) is 2.05. The molecule has 0 amide bonds. The molecule has 5 heteroatoms. The molecule has 0 atom stereocenters. The van der Waals surface area contributed by atoms with Crippen LogP contribution in [0.4, 0.5) is 0 Å². The Kier molecular flexibility index (Phi) is 11.5. The van der Waals surface area contributed by atoms with Gasteiger partial charge in [0, 0.05) is 0 Å². The number of nitrogens with two attached hydrogens (primary N) is 2. The minimum atomic E-state index is 0. The van der Waals surface area contributed by atoms with Gasteiger partial charge in [-0.1, -0.05) is 0 Å². The summed E-state index contributed by atoms with van der Waals surface area (Å²) in [5.41, 5.74) is 10.5. The van der Waals surface area contributed by atoms with Crippen molar-refractivity contribution < 1.29 is 28.4 Å². The van der Waals surface area contributed by atoms with Crippen LogP contribution in [0.3, 0.4) is 0 Å². The summed E-state index contributed by atoms with van der Waals surface area (Å²) in [6.45, 7) is 0. The van der Waals surface area contributed by atoms with Gasteiger partial charge >= 0.3 is 57.2 Å². The molecular formula is C8H11ClFeN2S. The Bertz CT molecular complexity index is 227. The summed E-state index contributed by atoms with van der Waals surface area (Å²) >= 11 is 7.85. The van der Waals surface area contributed by atoms with E-state index in [1.54, 1.807) is 0 Å². The van der Waals surface area contributed by atoms with Crippen molar-refractivity contribution >= 4 is 17.3 Å². The summed E-state index contributed by atoms with van der Waals surface area (Å²) in [6, 6.07) is 10.2. The van der Waals surface area contributed by atoms with Gasteiger partial charge in [-0.05, 0) is 12.2 Å². The van der Waals surface area contributed by atoms with Gasteiger partial charge < -0.3 is 23.9 Å². The molecule has 1 aromatic rings. The number of hydrogen-bond acceptors (Lipinski definition) is 1. The molecular weight excluding hydrogens is 247 g/mol. The number of benzene rings is 1. The average molecular weight is 259 g/mol. The number of thiocarbonyl (C=S) groups is 1. The molecule has 1 rings (SSSR count). The van der Waals surface area contributed by atoms with Crippen molar-refractivity contribution in [3.05, 3.63) is 35.9 Å². The van der Waals surface area contributed by atoms with Gasteiger partial charge in [-0.2, -0.15) is 0 Å². The van der Waals surface area contributed by atoms with E-state index in [0.29, 0.717) is 0 Å². The van der Waals surface area contributed by atoms with Crippen LogP contribution in [0.25, 0.3) is 0 Å². The van der Waals surface area contributed by atoms with E-state index in [9.17, 15) is 0 Å². The SMILES string of the molecule is NC(N)=S.[Cl-].[Fe+][CH2]c1ccccc1. The van der Waals surface area contributed by atoms with Gasteiger partial charge in [0.25, 0.3) is 0 Å². The third-order valence-electron chi connectivity index (χ3n) is 0.987. The molecule has 0 spiro atoms. The Balaban J connectivity index is 0. The van der Waals surface area contributed by atoms with Crippen molar-refractivity contribution in [2.24, 2.45) is 11.5 Å². The summed E-state index contributed by atoms with van der Waals surface area (Å²) < 4.78 is 0. The molecule has 2 nitrogen and oxygen atoms in total. The van der Waals surface area contributed by atoms with Crippen molar-refractivity contribution in [3.63, 3.8) is 0 Å². The van der Waals surface area contributed by atoms with E-state index in [1.807, 2.05) is 18.2 Å². The molecule has 0 aliphatic carbocycles. The second-order valence-electron chi connectivity index (χ2n) is 2.01. The number of rotatable bonds is 1. The molecule has 4 N–H and O–H groups in total. The monoisotopic (exact) mass is 258 g/mol. The van der Waals surface area contributed by atoms with Gasteiger partial charge in [-0.15, -0.1) is 0 Å². The van der Waals surface area contributed by atoms with E-state index < -0.39 is 0 Å². The fourth-order valence-electron chi connectivity index (χ4n) is 0.561. The van der Waals surface area contributed by atoms with E-state index in [4.69, 9.17) is 0 Å². The van der Waals surface area contributed by atoms with Gasteiger partial charge in [-0.25, -0.2) is 0 Å². The van der Waals surface area contributed by atoms with Crippen LogP contribution in [0.5, 0.6) is 0 Å². The Hall–Kier alpha value is -0.281. The third-order valence-corrected chi connectivity index (χ3v) is 1.44. The van der Waals surface area contributed by atoms with E-state index in [1.165, 1.54) is 5.56 Å². The van der Waals surface area contributed by atoms with Crippen LogP contribution < -0.4 is 23.9 Å². The zero-order valence-corrected chi connectivity index (χ0v) is 9.56. The molecule has 0 fully saturated rings. The second kappa shape index (κ2) is 9.80. The predicted octanol–water partition coefficient (Wildman–Crippen LogP) is -2.07. The summed E-state index contributed by atoms with van der Waals surface area (Å²) in [7, 11) is 0. The van der Waals surface area contributed by atoms with Crippen molar-refractivity contribution in [1.82, 2.24) is 0 Å². The zero-order valence-electron chi connectivity index (χ0n) is 6.89. The summed E-state index contributed by atoms with van der Waals surface area (Å²) in [4.78, 5) is 0. The molecule has 0 bridgehead atoms. The third kappa shape index (κ3) is 11.7. The molecule has 13 heavy (non-hydrogen) atoms. The van der Waals surface area contributed by atoms with Gasteiger partial charge in [0.2, 0.25) is 0 Å². The van der Waals surface area contributed by atoms with E-state index in [2.05, 4.69) is 51.8 Å². The molecule has 0 heterocycles. The van der Waals surface area contributed by atoms with Crippen molar-refractivity contribution in [3.8, 4) is 0 Å². The fourth-order valence-corrected chi connectivity index (χ4v) is 0.822. The van der Waals surface area contributed by atoms with Crippen LogP contribution in [0.1, 0.15) is 5.56 Å². The summed E-state index contributed by atoms with van der Waals surface area (Å²) in [5, 5.41) is 0.890. The summed E-state index contributed by atoms with van der Waals surface area (Å²) in [6.07, 6.45) is 0. The molecule has 0 saturated heterocycles. The number of halogens is 1. The Morgan fingerprint density at radius 2 is 1.62 bits per heavy atom. The maximum atomic E-state index is 4.62. The van der Waals surface area contributed by atoms with Gasteiger partial charge in [0.1, 0.15) is 0 Å². The fraction of sp³-hybridized carbons (Fsp3) is 0.125. The molecule has 0 aliphatic rings. The first-order valence-corrected chi connectivity index (χ1v) is 4.48. The molecule has 0 saturated carbocycles. The van der Waals surface area contributed by atoms with Gasteiger partial charge in [-0.3, -0.25) is 0 Å². The second-order valence-corrected chi connectivity index (χ2v) is 2.87. The predicted molar refractivity (Wildman–Crippen MR) is 51.1 cm³/mol. The molecule has 0 aliphatic heterocycles. The Morgan fingerprint density at radius 3 is 1.85 bits per heavy atom. The molecule has 0 radical (unpaired) electrons. The van der Waals surface area contributed by atoms with Crippen LogP contribution in [0.2, 0.25) is 0 Å². The Labute approximate surface area is 98.3 Å². The zero-order chi connectivity index (χ0) is 9.40. The van der Waals surface area contributed by atoms with Crippen LogP contribution in [-0.2, 0) is 21.3 Å². The first-order chi connectivity index (χ1) is 5.66. The first kappa shape index (κ1) is 15.2. The molecule has 0 unspecified atom stereocenters. The summed E-state index contributed by atoms with van der Waals surface area (Å²) in [5.74, 6) is 0. The standard InChI is InChI=1S/C7H7.CH4N2S.ClH.Fe/c1-7-5-3-2-4-6-7;2-1(3)4;;/h2-6H,1H2;(H4,2,3,4);1H;/q;;;+1/p-1. The molecule has 0 aromatic heterocycles. The van der Waals surface area contributed by atoms with Crippen LogP contribution in [-0.4, -0.2) is 5.11 Å². The topological polar surface area (TPSA) is 52.0 Å². The minimum absolute atomic E-state index is 0. The van der Waals surface area contributed by atoms with Crippen LogP contribution in [0.15, 0.2) is 30.3 Å². The number of hydrogen-bond donors (Lipinski definition) is 2. The maximum absolute atomic E-state index is 4.62. The molecule has 1 aromatic carbocycles. The Morgan fingerprint density at radius 1 is 1.23 bits per heavy atom. The van der Waals surface area contributed by atoms with Gasteiger partial charge in [0.05, 0.1) is 0 Å². The normalized spacial score (nSPS) is 7.46. The van der Waals surface area contributed by atoms with E-state index in [-0.39, 0.29) is 17.5 Å². The van der Waals surface area contributed by atoms with E-state index in [0.717, 1.165) is 5.32 Å². The molecule has 74 valence electrons.